The Morgan fingerprint density at radius 1 is 1.52 bits per heavy atom. The number of rotatable bonds is 4. The number of sulfonamides is 1. The molecule has 0 spiro atoms. The zero-order valence-electron chi connectivity index (χ0n) is 11.7. The van der Waals surface area contributed by atoms with Crippen LogP contribution in [0.3, 0.4) is 0 Å². The number of hydrogen-bond donors (Lipinski definition) is 1. The van der Waals surface area contributed by atoms with Crippen LogP contribution in [-0.4, -0.2) is 44.6 Å². The minimum atomic E-state index is -3.35. The molecule has 0 bridgehead atoms. The topological polar surface area (TPSA) is 90.3 Å². The lowest BCUT2D eigenvalue weighted by atomic mass is 10.1. The summed E-state index contributed by atoms with van der Waals surface area (Å²) in [5.41, 5.74) is 1.27. The van der Waals surface area contributed by atoms with Crippen LogP contribution in [-0.2, 0) is 16.4 Å². The van der Waals surface area contributed by atoms with E-state index in [1.807, 2.05) is 6.07 Å². The third kappa shape index (κ3) is 3.40. The van der Waals surface area contributed by atoms with Crippen LogP contribution in [0.4, 0.5) is 0 Å². The highest BCUT2D eigenvalue weighted by Gasteiger charge is 2.34. The Balaban J connectivity index is 2.12. The Hall–Kier alpha value is -1.91. The van der Waals surface area contributed by atoms with Crippen LogP contribution in [0.5, 0.6) is 0 Å². The van der Waals surface area contributed by atoms with Crippen LogP contribution in [0.2, 0.25) is 0 Å². The molecule has 112 valence electrons. The molecule has 21 heavy (non-hydrogen) atoms. The normalized spacial score (nSPS) is 18.5. The second-order valence-corrected chi connectivity index (χ2v) is 7.11. The SMILES string of the molecule is CNS(=O)(=O)C1CCN(C(=O)c2cccc(CC#N)c2)C1. The van der Waals surface area contributed by atoms with Crippen molar-refractivity contribution in [1.29, 1.82) is 5.26 Å². The first-order valence-corrected chi connectivity index (χ1v) is 8.20. The lowest BCUT2D eigenvalue weighted by Gasteiger charge is -2.17. The highest BCUT2D eigenvalue weighted by Crippen LogP contribution is 2.19. The van der Waals surface area contributed by atoms with E-state index in [1.165, 1.54) is 7.05 Å². The van der Waals surface area contributed by atoms with Crippen LogP contribution in [0.25, 0.3) is 0 Å². The number of amides is 1. The summed E-state index contributed by atoms with van der Waals surface area (Å²) in [6, 6.07) is 8.94. The van der Waals surface area contributed by atoms with Gasteiger partial charge in [-0.2, -0.15) is 5.26 Å². The predicted octanol–water partition coefficient (Wildman–Crippen LogP) is 0.516. The summed E-state index contributed by atoms with van der Waals surface area (Å²) in [7, 11) is -1.97. The highest BCUT2D eigenvalue weighted by atomic mass is 32.2. The fourth-order valence-electron chi connectivity index (χ4n) is 2.42. The maximum absolute atomic E-state index is 12.4. The van der Waals surface area contributed by atoms with E-state index < -0.39 is 15.3 Å². The largest absolute Gasteiger partial charge is 0.337 e. The molecule has 1 aromatic rings. The average molecular weight is 307 g/mol. The molecule has 1 unspecified atom stereocenters. The molecule has 0 radical (unpaired) electrons. The van der Waals surface area contributed by atoms with Gasteiger partial charge in [0.1, 0.15) is 0 Å². The van der Waals surface area contributed by atoms with Crippen LogP contribution in [0, 0.1) is 11.3 Å². The number of nitrogens with one attached hydrogen (secondary N) is 1. The molecule has 0 aromatic heterocycles. The van der Waals surface area contributed by atoms with Crippen molar-refractivity contribution in [3.05, 3.63) is 35.4 Å². The molecule has 0 saturated carbocycles. The van der Waals surface area contributed by atoms with E-state index in [0.29, 0.717) is 18.5 Å². The van der Waals surface area contributed by atoms with Crippen molar-refractivity contribution in [1.82, 2.24) is 9.62 Å². The van der Waals surface area contributed by atoms with Gasteiger partial charge in [0.2, 0.25) is 10.0 Å². The number of benzene rings is 1. The van der Waals surface area contributed by atoms with Crippen LogP contribution < -0.4 is 4.72 Å². The van der Waals surface area contributed by atoms with Gasteiger partial charge in [-0.15, -0.1) is 0 Å². The van der Waals surface area contributed by atoms with Crippen molar-refractivity contribution >= 4 is 15.9 Å². The van der Waals surface area contributed by atoms with Gasteiger partial charge in [-0.25, -0.2) is 13.1 Å². The third-order valence-electron chi connectivity index (χ3n) is 3.61. The molecule has 1 N–H and O–H groups in total. The smallest absolute Gasteiger partial charge is 0.253 e. The predicted molar refractivity (Wildman–Crippen MR) is 78.0 cm³/mol. The number of carbonyl (C=O) groups is 1. The highest BCUT2D eigenvalue weighted by molar-refractivity contribution is 7.90. The molecule has 0 aliphatic carbocycles. The minimum Gasteiger partial charge on any atom is -0.337 e. The van der Waals surface area contributed by atoms with Gasteiger partial charge < -0.3 is 4.90 Å². The van der Waals surface area contributed by atoms with Gasteiger partial charge in [-0.1, -0.05) is 12.1 Å². The van der Waals surface area contributed by atoms with E-state index in [0.717, 1.165) is 5.56 Å². The van der Waals surface area contributed by atoms with E-state index in [9.17, 15) is 13.2 Å². The lowest BCUT2D eigenvalue weighted by Crippen LogP contribution is -2.36. The Kier molecular flexibility index (Phi) is 4.60. The summed E-state index contributed by atoms with van der Waals surface area (Å²) in [5, 5.41) is 8.13. The average Bonchev–Trinajstić information content (AvgIpc) is 2.98. The Morgan fingerprint density at radius 3 is 2.95 bits per heavy atom. The molecule has 1 aromatic carbocycles. The van der Waals surface area contributed by atoms with Crippen molar-refractivity contribution in [2.24, 2.45) is 0 Å². The molecule has 1 amide bonds. The van der Waals surface area contributed by atoms with Crippen molar-refractivity contribution in [3.63, 3.8) is 0 Å². The molecule has 1 fully saturated rings. The van der Waals surface area contributed by atoms with Gasteiger partial charge in [0.05, 0.1) is 17.7 Å². The van der Waals surface area contributed by atoms with Crippen molar-refractivity contribution in [3.8, 4) is 6.07 Å². The number of nitriles is 1. The lowest BCUT2D eigenvalue weighted by molar-refractivity contribution is 0.0793. The summed E-state index contributed by atoms with van der Waals surface area (Å²) in [6.45, 7) is 0.622. The molecule has 1 aliphatic heterocycles. The van der Waals surface area contributed by atoms with Crippen LogP contribution >= 0.6 is 0 Å². The van der Waals surface area contributed by atoms with Gasteiger partial charge in [0.15, 0.2) is 0 Å². The minimum absolute atomic E-state index is 0.191. The number of likely N-dealkylation sites (tertiary alicyclic amines) is 1. The molecule has 2 rings (SSSR count). The first-order chi connectivity index (χ1) is 9.97. The number of carbonyl (C=O) groups excluding carboxylic acids is 1. The summed E-state index contributed by atoms with van der Waals surface area (Å²) in [4.78, 5) is 13.9. The molecule has 1 heterocycles. The zero-order valence-corrected chi connectivity index (χ0v) is 12.6. The summed E-state index contributed by atoms with van der Waals surface area (Å²) in [5.74, 6) is -0.191. The molecule has 7 heteroatoms. The van der Waals surface area contributed by atoms with E-state index >= 15 is 0 Å². The first kappa shape index (κ1) is 15.5. The molecule has 1 atom stereocenters. The van der Waals surface area contributed by atoms with Gasteiger partial charge in [0.25, 0.3) is 5.91 Å². The summed E-state index contributed by atoms with van der Waals surface area (Å²) < 4.78 is 25.8. The quantitative estimate of drug-likeness (QED) is 0.878. The van der Waals surface area contributed by atoms with E-state index in [4.69, 9.17) is 5.26 Å². The van der Waals surface area contributed by atoms with E-state index in [1.54, 1.807) is 29.2 Å². The zero-order chi connectivity index (χ0) is 15.5. The fourth-order valence-corrected chi connectivity index (χ4v) is 3.55. The van der Waals surface area contributed by atoms with Crippen molar-refractivity contribution in [2.75, 3.05) is 20.1 Å². The second-order valence-electron chi connectivity index (χ2n) is 4.95. The van der Waals surface area contributed by atoms with Crippen LogP contribution in [0.1, 0.15) is 22.3 Å². The summed E-state index contributed by atoms with van der Waals surface area (Å²) >= 11 is 0. The van der Waals surface area contributed by atoms with Gasteiger partial charge in [-0.05, 0) is 31.2 Å². The summed E-state index contributed by atoms with van der Waals surface area (Å²) in [6.07, 6.45) is 0.685. The third-order valence-corrected chi connectivity index (χ3v) is 5.44. The van der Waals surface area contributed by atoms with Gasteiger partial charge >= 0.3 is 0 Å². The number of nitrogens with zero attached hydrogens (tertiary/aromatic N) is 2. The maximum Gasteiger partial charge on any atom is 0.253 e. The van der Waals surface area contributed by atoms with Gasteiger partial charge in [-0.3, -0.25) is 4.79 Å². The molecule has 1 aliphatic rings. The molecule has 6 nitrogen and oxygen atoms in total. The van der Waals surface area contributed by atoms with E-state index in [2.05, 4.69) is 4.72 Å². The Labute approximate surface area is 124 Å². The molecule has 1 saturated heterocycles. The first-order valence-electron chi connectivity index (χ1n) is 6.65. The monoisotopic (exact) mass is 307 g/mol. The standard InChI is InChI=1S/C14H17N3O3S/c1-16-21(19,20)13-6-8-17(10-13)14(18)12-4-2-3-11(9-12)5-7-15/h2-4,9,13,16H,5-6,8,10H2,1H3. The molecular weight excluding hydrogens is 290 g/mol. The molecular formula is C14H17N3O3S. The Morgan fingerprint density at radius 2 is 2.29 bits per heavy atom. The van der Waals surface area contributed by atoms with E-state index in [-0.39, 0.29) is 18.9 Å². The van der Waals surface area contributed by atoms with Crippen molar-refractivity contribution < 1.29 is 13.2 Å². The number of hydrogen-bond acceptors (Lipinski definition) is 4. The Bertz CT molecular complexity index is 679. The van der Waals surface area contributed by atoms with Crippen LogP contribution in [0.15, 0.2) is 24.3 Å². The van der Waals surface area contributed by atoms with Crippen molar-refractivity contribution in [2.45, 2.75) is 18.1 Å². The maximum atomic E-state index is 12.4. The second kappa shape index (κ2) is 6.24. The fraction of sp³-hybridized carbons (Fsp3) is 0.429. The van der Waals surface area contributed by atoms with Gasteiger partial charge in [0, 0.05) is 18.7 Å².